The Morgan fingerprint density at radius 3 is 1.76 bits per heavy atom. The van der Waals surface area contributed by atoms with Gasteiger partial charge < -0.3 is 42.1 Å². The minimum Gasteiger partial charge on any atom is -0.347 e. The monoisotopic (exact) mass is 905 g/mol. The second-order valence-corrected chi connectivity index (χ2v) is 20.6. The van der Waals surface area contributed by atoms with Crippen molar-refractivity contribution in [2.75, 3.05) is 20.6 Å². The van der Waals surface area contributed by atoms with Crippen molar-refractivity contribution in [2.45, 2.75) is 148 Å². The molecule has 356 valence electrons. The molecule has 7 N–H and O–H groups in total. The van der Waals surface area contributed by atoms with E-state index in [0.29, 0.717) is 11.1 Å². The number of hydrogen-bond donors (Lipinski definition) is 7. The topological polar surface area (TPSA) is 190 Å². The van der Waals surface area contributed by atoms with Crippen LogP contribution in [0.1, 0.15) is 131 Å². The molecule has 14 heteroatoms. The molecule has 0 spiro atoms. The maximum atomic E-state index is 14.3. The van der Waals surface area contributed by atoms with Gasteiger partial charge in [0.2, 0.25) is 29.5 Å². The van der Waals surface area contributed by atoms with Crippen molar-refractivity contribution in [3.8, 4) is 0 Å². The summed E-state index contributed by atoms with van der Waals surface area (Å²) in [5, 5.41) is 21.5. The van der Waals surface area contributed by atoms with Crippen LogP contribution in [0.15, 0.2) is 72.8 Å². The van der Waals surface area contributed by atoms with E-state index in [1.165, 1.54) is 11.1 Å². The number of rotatable bonds is 15. The largest absolute Gasteiger partial charge is 0.347 e. The molecule has 0 bridgehead atoms. The molecule has 1 unspecified atom stereocenters. The van der Waals surface area contributed by atoms with Gasteiger partial charge in [0.25, 0.3) is 5.91 Å². The van der Waals surface area contributed by atoms with E-state index in [2.05, 4.69) is 55.4 Å². The van der Waals surface area contributed by atoms with E-state index in [0.717, 1.165) is 49.7 Å². The van der Waals surface area contributed by atoms with Crippen molar-refractivity contribution < 1.29 is 28.8 Å². The summed E-state index contributed by atoms with van der Waals surface area (Å²) in [6, 6.07) is 18.4. The lowest BCUT2D eigenvalue weighted by molar-refractivity contribution is -0.142. The van der Waals surface area contributed by atoms with E-state index in [9.17, 15) is 28.8 Å². The zero-order valence-electron chi connectivity index (χ0n) is 40.3. The highest BCUT2D eigenvalue weighted by Gasteiger charge is 2.45. The number of nitrogens with one attached hydrogen (secondary N) is 7. The van der Waals surface area contributed by atoms with Crippen LogP contribution in [0.25, 0.3) is 0 Å². The van der Waals surface area contributed by atoms with Crippen LogP contribution >= 0.6 is 0 Å². The average molecular weight is 905 g/mol. The van der Waals surface area contributed by atoms with Gasteiger partial charge in [-0.25, -0.2) is 0 Å². The standard InChI is InChI=1S/C52H72N8O6/c1-31(53-8)45(61)59-43(51(2,3)4)49(65)58-41(47(63)56-39-22-14-18-33-16-10-12-20-37(33)39)28-32-24-26-35(27-25-32)46(62)55-36-29-42(60(30-36)50(66)44(54-9)52(5,6)7)48(64)57-40-23-15-19-34-17-11-13-21-38(34)40/h10-13,16-17,20-21,24-27,31,36,39-44,53-54H,14-15,18-19,22-23,28-30H2,1-9H3,(H,55,62)(H,56,63)(H,57,64)(H,58,65)(H,59,61)/t31-,36-,39+,40+,41-,42-,43?,44+/m0/s1. The fourth-order valence-corrected chi connectivity index (χ4v) is 9.71. The number of hydrogen-bond acceptors (Lipinski definition) is 8. The molecule has 2 aliphatic carbocycles. The molecule has 1 fully saturated rings. The van der Waals surface area contributed by atoms with Crippen molar-refractivity contribution in [1.82, 2.24) is 42.1 Å². The first kappa shape index (κ1) is 49.8. The summed E-state index contributed by atoms with van der Waals surface area (Å²) in [4.78, 5) is 85.2. The van der Waals surface area contributed by atoms with Gasteiger partial charge in [-0.1, -0.05) is 102 Å². The van der Waals surface area contributed by atoms with Crippen LogP contribution in [-0.2, 0) is 43.2 Å². The smallest absolute Gasteiger partial charge is 0.251 e. The zero-order valence-corrected chi connectivity index (χ0v) is 40.3. The predicted octanol–water partition coefficient (Wildman–Crippen LogP) is 4.57. The molecule has 6 amide bonds. The van der Waals surface area contributed by atoms with E-state index < -0.39 is 53.0 Å². The Labute approximate surface area is 391 Å². The number of amides is 6. The van der Waals surface area contributed by atoms with E-state index in [1.807, 2.05) is 71.9 Å². The molecule has 66 heavy (non-hydrogen) atoms. The lowest BCUT2D eigenvalue weighted by Crippen LogP contribution is -2.60. The molecule has 1 heterocycles. The molecule has 8 atom stereocenters. The van der Waals surface area contributed by atoms with Crippen molar-refractivity contribution in [3.63, 3.8) is 0 Å². The normalized spacial score (nSPS) is 21.2. The maximum absolute atomic E-state index is 14.3. The quantitative estimate of drug-likeness (QED) is 0.116. The molecule has 1 saturated heterocycles. The Morgan fingerprint density at radius 1 is 0.652 bits per heavy atom. The van der Waals surface area contributed by atoms with Crippen molar-refractivity contribution in [1.29, 1.82) is 0 Å². The third-order valence-corrected chi connectivity index (χ3v) is 13.5. The zero-order chi connectivity index (χ0) is 47.9. The van der Waals surface area contributed by atoms with Crippen LogP contribution < -0.4 is 37.2 Å². The number of carbonyl (C=O) groups is 6. The summed E-state index contributed by atoms with van der Waals surface area (Å²) >= 11 is 0. The lowest BCUT2D eigenvalue weighted by Gasteiger charge is -2.35. The molecule has 0 saturated carbocycles. The summed E-state index contributed by atoms with van der Waals surface area (Å²) < 4.78 is 0. The Morgan fingerprint density at radius 2 is 1.21 bits per heavy atom. The number of likely N-dealkylation sites (tertiary alicyclic amines) is 1. The highest BCUT2D eigenvalue weighted by atomic mass is 16.2. The summed E-state index contributed by atoms with van der Waals surface area (Å²) in [7, 11) is 3.41. The molecule has 1 aliphatic heterocycles. The van der Waals surface area contributed by atoms with Crippen LogP contribution in [0.2, 0.25) is 0 Å². The van der Waals surface area contributed by atoms with Crippen molar-refractivity contribution in [3.05, 3.63) is 106 Å². The fourth-order valence-electron chi connectivity index (χ4n) is 9.71. The SMILES string of the molecule is CN[C@@H](C)C(=O)NC(C(=O)N[C@@H](Cc1ccc(C(=O)N[C@H]2C[C@@H](C(=O)N[C@@H]3CCCc4ccccc43)N(C(=O)[C@@H](NC)C(C)(C)C)C2)cc1)C(=O)N[C@@H]1CCCc2ccccc21)C(C)(C)C. The molecule has 3 aromatic carbocycles. The molecule has 3 aliphatic rings. The first-order chi connectivity index (χ1) is 31.3. The van der Waals surface area contributed by atoms with Crippen LogP contribution in [0.5, 0.6) is 0 Å². The van der Waals surface area contributed by atoms with Gasteiger partial charge >= 0.3 is 0 Å². The van der Waals surface area contributed by atoms with Crippen LogP contribution in [0.4, 0.5) is 0 Å². The summed E-state index contributed by atoms with van der Waals surface area (Å²) in [6.45, 7) is 13.4. The molecular formula is C52H72N8O6. The van der Waals surface area contributed by atoms with Gasteiger partial charge in [0.1, 0.15) is 18.1 Å². The minimum absolute atomic E-state index is 0.119. The fraction of sp³-hybridized carbons (Fsp3) is 0.538. The molecule has 0 aromatic heterocycles. The third-order valence-electron chi connectivity index (χ3n) is 13.5. The van der Waals surface area contributed by atoms with E-state index >= 15 is 0 Å². The number of likely N-dealkylation sites (N-methyl/N-ethyl adjacent to an activating group) is 2. The average Bonchev–Trinajstić information content (AvgIpc) is 3.71. The first-order valence-corrected chi connectivity index (χ1v) is 23.7. The van der Waals surface area contributed by atoms with Crippen LogP contribution in [0, 0.1) is 10.8 Å². The van der Waals surface area contributed by atoms with E-state index in [1.54, 1.807) is 50.2 Å². The third kappa shape index (κ3) is 12.0. The number of fused-ring (bicyclic) bond motifs is 2. The van der Waals surface area contributed by atoms with Crippen molar-refractivity contribution >= 4 is 35.4 Å². The Balaban J connectivity index is 1.18. The lowest BCUT2D eigenvalue weighted by atomic mass is 9.85. The number of nitrogens with zero attached hydrogens (tertiary/aromatic N) is 1. The Bertz CT molecular complexity index is 2230. The van der Waals surface area contributed by atoms with Gasteiger partial charge in [-0.15, -0.1) is 0 Å². The van der Waals surface area contributed by atoms with E-state index in [-0.39, 0.29) is 61.0 Å². The van der Waals surface area contributed by atoms with Gasteiger partial charge in [0, 0.05) is 24.6 Å². The highest BCUT2D eigenvalue weighted by molar-refractivity contribution is 5.96. The van der Waals surface area contributed by atoms with Crippen LogP contribution in [-0.4, -0.2) is 97.2 Å². The number of benzene rings is 3. The Hall–Kier alpha value is -5.60. The second kappa shape index (κ2) is 21.4. The molecule has 0 radical (unpaired) electrons. The first-order valence-electron chi connectivity index (χ1n) is 23.7. The second-order valence-electron chi connectivity index (χ2n) is 20.6. The predicted molar refractivity (Wildman–Crippen MR) is 256 cm³/mol. The maximum Gasteiger partial charge on any atom is 0.251 e. The molecular weight excluding hydrogens is 833 g/mol. The van der Waals surface area contributed by atoms with Gasteiger partial charge in [0.05, 0.1) is 24.2 Å². The molecule has 3 aromatic rings. The number of carbonyl (C=O) groups excluding carboxylic acids is 6. The van der Waals surface area contributed by atoms with Crippen LogP contribution in [0.3, 0.4) is 0 Å². The highest BCUT2D eigenvalue weighted by Crippen LogP contribution is 2.32. The Kier molecular flexibility index (Phi) is 16.1. The van der Waals surface area contributed by atoms with Crippen molar-refractivity contribution in [2.24, 2.45) is 10.8 Å². The summed E-state index contributed by atoms with van der Waals surface area (Å²) in [5.74, 6) is -1.97. The van der Waals surface area contributed by atoms with Gasteiger partial charge in [0.15, 0.2) is 0 Å². The minimum atomic E-state index is -1.00. The van der Waals surface area contributed by atoms with Gasteiger partial charge in [-0.05, 0) is 117 Å². The summed E-state index contributed by atoms with van der Waals surface area (Å²) in [6.07, 6.45) is 5.68. The van der Waals surface area contributed by atoms with E-state index in [4.69, 9.17) is 0 Å². The van der Waals surface area contributed by atoms with Gasteiger partial charge in [-0.2, -0.15) is 0 Å². The molecule has 6 rings (SSSR count). The summed E-state index contributed by atoms with van der Waals surface area (Å²) in [5.41, 5.74) is 4.53. The number of aryl methyl sites for hydroxylation is 2. The van der Waals surface area contributed by atoms with Gasteiger partial charge in [-0.3, -0.25) is 28.8 Å². The molecule has 14 nitrogen and oxygen atoms in total.